The minimum absolute atomic E-state index is 0.0328. The van der Waals surface area contributed by atoms with E-state index in [0.717, 1.165) is 51.6 Å². The summed E-state index contributed by atoms with van der Waals surface area (Å²) in [6.45, 7) is 1.32. The van der Waals surface area contributed by atoms with Crippen LogP contribution in [0.1, 0.15) is 23.2 Å². The molecule has 0 N–H and O–H groups in total. The number of fused-ring (bicyclic) bond motifs is 2. The Labute approximate surface area is 175 Å². The maximum Gasteiger partial charge on any atom is 0.274 e. The van der Waals surface area contributed by atoms with Crippen molar-refractivity contribution in [2.45, 2.75) is 18.9 Å². The lowest BCUT2D eigenvalue weighted by Crippen LogP contribution is -2.41. The zero-order valence-electron chi connectivity index (χ0n) is 15.7. The lowest BCUT2D eigenvalue weighted by molar-refractivity contribution is 0.0595. The first-order chi connectivity index (χ1) is 14.2. The van der Waals surface area contributed by atoms with Crippen molar-refractivity contribution < 1.29 is 14.3 Å². The highest BCUT2D eigenvalue weighted by atomic mass is 32.1. The summed E-state index contributed by atoms with van der Waals surface area (Å²) in [4.78, 5) is 19.3. The minimum atomic E-state index is 0.0328. The van der Waals surface area contributed by atoms with Gasteiger partial charge in [0.05, 0.1) is 29.1 Å². The second kappa shape index (κ2) is 7.57. The second-order valence-corrected chi connectivity index (χ2v) is 8.41. The molecule has 7 nitrogen and oxygen atoms in total. The Morgan fingerprint density at radius 2 is 1.90 bits per heavy atom. The summed E-state index contributed by atoms with van der Waals surface area (Å²) in [5.74, 6) is 0.818. The fraction of sp³-hybridized carbons (Fsp3) is 0.300. The van der Waals surface area contributed by atoms with Crippen LogP contribution in [0.25, 0.3) is 21.3 Å². The second-order valence-electron chi connectivity index (χ2n) is 6.89. The maximum absolute atomic E-state index is 12.8. The van der Waals surface area contributed by atoms with Crippen molar-refractivity contribution in [2.24, 2.45) is 0 Å². The predicted molar refractivity (Wildman–Crippen MR) is 113 cm³/mol. The van der Waals surface area contributed by atoms with Crippen LogP contribution in [0.4, 0.5) is 0 Å². The molecule has 1 amide bonds. The summed E-state index contributed by atoms with van der Waals surface area (Å²) < 4.78 is 20.8. The first-order valence-electron chi connectivity index (χ1n) is 9.32. The molecule has 4 aromatic rings. The Morgan fingerprint density at radius 1 is 1.07 bits per heavy atom. The highest BCUT2D eigenvalue weighted by molar-refractivity contribution is 7.20. The molecule has 148 valence electrons. The Morgan fingerprint density at radius 3 is 2.72 bits per heavy atom. The average molecular weight is 427 g/mol. The predicted octanol–water partition coefficient (Wildman–Crippen LogP) is 3.99. The number of aromatic nitrogens is 3. The van der Waals surface area contributed by atoms with Gasteiger partial charge >= 0.3 is 0 Å². The van der Waals surface area contributed by atoms with E-state index in [0.29, 0.717) is 23.8 Å². The van der Waals surface area contributed by atoms with Gasteiger partial charge in [0.2, 0.25) is 0 Å². The van der Waals surface area contributed by atoms with Crippen molar-refractivity contribution in [3.8, 4) is 10.9 Å². The normalized spacial score (nSPS) is 15.1. The molecule has 0 spiro atoms. The van der Waals surface area contributed by atoms with E-state index in [1.807, 2.05) is 41.3 Å². The van der Waals surface area contributed by atoms with E-state index < -0.39 is 0 Å². The largest absolute Gasteiger partial charge is 0.497 e. The number of hydrogen-bond acceptors (Lipinski definition) is 8. The van der Waals surface area contributed by atoms with Crippen LogP contribution in [0.3, 0.4) is 0 Å². The molecule has 0 radical (unpaired) electrons. The molecular formula is C20H18N4O3S2. The van der Waals surface area contributed by atoms with E-state index in [9.17, 15) is 4.79 Å². The Kier molecular flexibility index (Phi) is 4.76. The Hall–Kier alpha value is -2.78. The molecule has 0 bridgehead atoms. The number of carbonyl (C=O) groups excluding carboxylic acids is 1. The zero-order valence-corrected chi connectivity index (χ0v) is 17.3. The van der Waals surface area contributed by atoms with Gasteiger partial charge in [-0.3, -0.25) is 4.79 Å². The van der Waals surface area contributed by atoms with Gasteiger partial charge in [0.1, 0.15) is 22.9 Å². The molecule has 0 saturated carbocycles. The quantitative estimate of drug-likeness (QED) is 0.491. The topological polar surface area (TPSA) is 77.4 Å². The van der Waals surface area contributed by atoms with E-state index in [1.54, 1.807) is 7.11 Å². The van der Waals surface area contributed by atoms with Crippen LogP contribution in [-0.2, 0) is 0 Å². The fourth-order valence-electron chi connectivity index (χ4n) is 3.48. The average Bonchev–Trinajstić information content (AvgIpc) is 3.38. The van der Waals surface area contributed by atoms with Crippen molar-refractivity contribution in [1.29, 1.82) is 0 Å². The van der Waals surface area contributed by atoms with E-state index in [4.69, 9.17) is 9.47 Å². The molecule has 5 rings (SSSR count). The van der Waals surface area contributed by atoms with Crippen LogP contribution in [-0.4, -0.2) is 50.8 Å². The molecule has 1 aliphatic rings. The highest BCUT2D eigenvalue weighted by Gasteiger charge is 2.25. The molecule has 2 aromatic heterocycles. The third kappa shape index (κ3) is 3.63. The van der Waals surface area contributed by atoms with Gasteiger partial charge in [0, 0.05) is 37.6 Å². The molecule has 9 heteroatoms. The molecule has 1 saturated heterocycles. The number of thiazole rings is 1. The van der Waals surface area contributed by atoms with Crippen LogP contribution >= 0.6 is 23.1 Å². The van der Waals surface area contributed by atoms with E-state index in [-0.39, 0.29) is 12.0 Å². The van der Waals surface area contributed by atoms with Gasteiger partial charge in [-0.05, 0) is 30.3 Å². The monoisotopic (exact) mass is 426 g/mol. The van der Waals surface area contributed by atoms with Crippen LogP contribution < -0.4 is 9.47 Å². The number of benzene rings is 2. The highest BCUT2D eigenvalue weighted by Crippen LogP contribution is 2.32. The van der Waals surface area contributed by atoms with Crippen LogP contribution in [0.15, 0.2) is 36.4 Å². The molecule has 29 heavy (non-hydrogen) atoms. The van der Waals surface area contributed by atoms with Crippen molar-refractivity contribution >= 4 is 50.2 Å². The van der Waals surface area contributed by atoms with Gasteiger partial charge in [-0.25, -0.2) is 4.98 Å². The summed E-state index contributed by atoms with van der Waals surface area (Å²) in [6.07, 6.45) is 1.63. The van der Waals surface area contributed by atoms with Gasteiger partial charge < -0.3 is 14.4 Å². The minimum Gasteiger partial charge on any atom is -0.497 e. The summed E-state index contributed by atoms with van der Waals surface area (Å²) in [5, 5.41) is 0.666. The molecule has 2 aromatic carbocycles. The van der Waals surface area contributed by atoms with Gasteiger partial charge in [-0.15, -0.1) is 0 Å². The van der Waals surface area contributed by atoms with Gasteiger partial charge in [0.15, 0.2) is 0 Å². The first-order valence-corrected chi connectivity index (χ1v) is 10.9. The van der Waals surface area contributed by atoms with E-state index in [1.165, 1.54) is 11.3 Å². The number of amides is 1. The number of likely N-dealkylation sites (tertiary alicyclic amines) is 1. The third-order valence-corrected chi connectivity index (χ3v) is 6.56. The number of hydrogen-bond donors (Lipinski definition) is 0. The van der Waals surface area contributed by atoms with Crippen molar-refractivity contribution in [3.05, 3.63) is 42.0 Å². The van der Waals surface area contributed by atoms with Crippen LogP contribution in [0.5, 0.6) is 10.9 Å². The summed E-state index contributed by atoms with van der Waals surface area (Å²) in [6, 6.07) is 11.3. The lowest BCUT2D eigenvalue weighted by Gasteiger charge is -2.31. The molecule has 0 unspecified atom stereocenters. The number of ether oxygens (including phenoxy) is 2. The standard InChI is InChI=1S/C20H18N4O3S2/c1-26-14-3-5-18-17(11-14)21-20(28-18)27-13-6-8-24(9-7-13)19(25)12-2-4-15-16(10-12)23-29-22-15/h2-5,10-11,13H,6-9H2,1H3. The smallest absolute Gasteiger partial charge is 0.274 e. The first kappa shape index (κ1) is 18.3. The number of carbonyl (C=O) groups is 1. The van der Waals surface area contributed by atoms with E-state index >= 15 is 0 Å². The van der Waals surface area contributed by atoms with Crippen molar-refractivity contribution in [1.82, 2.24) is 18.6 Å². The molecular weight excluding hydrogens is 408 g/mol. The molecule has 3 heterocycles. The molecule has 1 fully saturated rings. The summed E-state index contributed by atoms with van der Waals surface area (Å²) in [5.41, 5.74) is 3.13. The number of rotatable bonds is 4. The number of nitrogens with zero attached hydrogens (tertiary/aromatic N) is 4. The van der Waals surface area contributed by atoms with Gasteiger partial charge in [0.25, 0.3) is 11.1 Å². The fourth-order valence-corrected chi connectivity index (χ4v) is 4.86. The summed E-state index contributed by atoms with van der Waals surface area (Å²) >= 11 is 2.69. The number of piperidine rings is 1. The zero-order chi connectivity index (χ0) is 19.8. The Bertz CT molecular complexity index is 1180. The van der Waals surface area contributed by atoms with Crippen molar-refractivity contribution in [3.63, 3.8) is 0 Å². The summed E-state index contributed by atoms with van der Waals surface area (Å²) in [7, 11) is 1.64. The van der Waals surface area contributed by atoms with Crippen LogP contribution in [0, 0.1) is 0 Å². The molecule has 0 aliphatic carbocycles. The molecule has 0 atom stereocenters. The number of methoxy groups -OCH3 is 1. The van der Waals surface area contributed by atoms with Crippen LogP contribution in [0.2, 0.25) is 0 Å². The third-order valence-electron chi connectivity index (χ3n) is 5.07. The Balaban J connectivity index is 1.22. The maximum atomic E-state index is 12.8. The SMILES string of the molecule is COc1ccc2sc(OC3CCN(C(=O)c4ccc5nsnc5c4)CC3)nc2c1. The molecule has 1 aliphatic heterocycles. The van der Waals surface area contributed by atoms with Gasteiger partial charge in [-0.2, -0.15) is 8.75 Å². The van der Waals surface area contributed by atoms with E-state index in [2.05, 4.69) is 13.7 Å². The van der Waals surface area contributed by atoms with Gasteiger partial charge in [-0.1, -0.05) is 11.3 Å². The van der Waals surface area contributed by atoms with Crippen molar-refractivity contribution in [2.75, 3.05) is 20.2 Å². The lowest BCUT2D eigenvalue weighted by atomic mass is 10.1.